The van der Waals surface area contributed by atoms with Gasteiger partial charge in [0.2, 0.25) is 11.8 Å². The minimum Gasteiger partial charge on any atom is -0.329 e. The molecule has 2 fully saturated rings. The molecule has 0 radical (unpaired) electrons. The summed E-state index contributed by atoms with van der Waals surface area (Å²) in [6, 6.07) is 0.0375. The summed E-state index contributed by atoms with van der Waals surface area (Å²) in [6.07, 6.45) is 8.85. The third kappa shape index (κ3) is 3.33. The van der Waals surface area contributed by atoms with Crippen molar-refractivity contribution in [2.45, 2.75) is 77.3 Å². The minimum absolute atomic E-state index is 0.148. The number of rotatable bonds is 6. The minimum atomic E-state index is -0.164. The molecule has 0 aromatic carbocycles. The second-order valence-electron chi connectivity index (χ2n) is 6.26. The summed E-state index contributed by atoms with van der Waals surface area (Å²) in [5.74, 6) is 0.335. The number of fused-ring (bicyclic) bond motifs is 1. The summed E-state index contributed by atoms with van der Waals surface area (Å²) in [7, 11) is 0. The Bertz CT molecular complexity index is 356. The lowest BCUT2D eigenvalue weighted by Gasteiger charge is -2.44. The van der Waals surface area contributed by atoms with E-state index in [1.165, 1.54) is 19.3 Å². The van der Waals surface area contributed by atoms with E-state index in [0.29, 0.717) is 6.54 Å². The highest BCUT2D eigenvalue weighted by Crippen LogP contribution is 2.25. The highest BCUT2D eigenvalue weighted by atomic mass is 16.2. The first-order valence-corrected chi connectivity index (χ1v) is 8.25. The van der Waals surface area contributed by atoms with Crippen LogP contribution in [0.3, 0.4) is 0 Å². The van der Waals surface area contributed by atoms with Crippen LogP contribution in [0.4, 0.5) is 0 Å². The molecule has 20 heavy (non-hydrogen) atoms. The summed E-state index contributed by atoms with van der Waals surface area (Å²) >= 11 is 0. The van der Waals surface area contributed by atoms with E-state index in [0.717, 1.165) is 38.6 Å². The molecular formula is C16H28N2O2. The van der Waals surface area contributed by atoms with Gasteiger partial charge in [-0.3, -0.25) is 9.59 Å². The predicted octanol–water partition coefficient (Wildman–Crippen LogP) is 2.57. The van der Waals surface area contributed by atoms with Gasteiger partial charge in [-0.25, -0.2) is 0 Å². The first-order chi connectivity index (χ1) is 9.65. The SMILES string of the molecule is CCCCCCC(C)N1CC(=O)N2CCCCC2C1=O. The second-order valence-corrected chi connectivity index (χ2v) is 6.26. The predicted molar refractivity (Wildman–Crippen MR) is 79.3 cm³/mol. The zero-order valence-corrected chi connectivity index (χ0v) is 12.9. The van der Waals surface area contributed by atoms with E-state index in [1.807, 2.05) is 9.80 Å². The van der Waals surface area contributed by atoms with Crippen molar-refractivity contribution in [3.63, 3.8) is 0 Å². The molecule has 4 heteroatoms. The van der Waals surface area contributed by atoms with Gasteiger partial charge in [-0.15, -0.1) is 0 Å². The fraction of sp³-hybridized carbons (Fsp3) is 0.875. The molecule has 2 rings (SSSR count). The van der Waals surface area contributed by atoms with Crippen molar-refractivity contribution in [3.8, 4) is 0 Å². The molecule has 2 heterocycles. The Hall–Kier alpha value is -1.06. The molecule has 0 spiro atoms. The van der Waals surface area contributed by atoms with Crippen LogP contribution in [0.15, 0.2) is 0 Å². The van der Waals surface area contributed by atoms with Crippen molar-refractivity contribution >= 4 is 11.8 Å². The van der Waals surface area contributed by atoms with Crippen molar-refractivity contribution < 1.29 is 9.59 Å². The quantitative estimate of drug-likeness (QED) is 0.702. The maximum atomic E-state index is 12.6. The number of unbranched alkanes of at least 4 members (excludes halogenated alkanes) is 3. The largest absolute Gasteiger partial charge is 0.329 e. The molecule has 2 aliphatic rings. The number of hydrogen-bond donors (Lipinski definition) is 0. The molecule has 2 unspecified atom stereocenters. The van der Waals surface area contributed by atoms with E-state index in [4.69, 9.17) is 0 Å². The Morgan fingerprint density at radius 2 is 2.00 bits per heavy atom. The van der Waals surface area contributed by atoms with Gasteiger partial charge in [0.15, 0.2) is 0 Å². The first kappa shape index (κ1) is 15.3. The topological polar surface area (TPSA) is 40.6 Å². The van der Waals surface area contributed by atoms with E-state index in [9.17, 15) is 9.59 Å². The third-order valence-corrected chi connectivity index (χ3v) is 4.70. The Morgan fingerprint density at radius 3 is 2.75 bits per heavy atom. The van der Waals surface area contributed by atoms with Gasteiger partial charge in [-0.1, -0.05) is 32.6 Å². The molecule has 0 bridgehead atoms. The number of hydrogen-bond acceptors (Lipinski definition) is 2. The van der Waals surface area contributed by atoms with E-state index >= 15 is 0 Å². The van der Waals surface area contributed by atoms with Gasteiger partial charge in [0.1, 0.15) is 12.6 Å². The summed E-state index contributed by atoms with van der Waals surface area (Å²) < 4.78 is 0. The smallest absolute Gasteiger partial charge is 0.246 e. The highest BCUT2D eigenvalue weighted by Gasteiger charge is 2.41. The van der Waals surface area contributed by atoms with Crippen LogP contribution in [-0.4, -0.2) is 46.8 Å². The van der Waals surface area contributed by atoms with Crippen LogP contribution in [0.5, 0.6) is 0 Å². The van der Waals surface area contributed by atoms with Gasteiger partial charge in [-0.2, -0.15) is 0 Å². The lowest BCUT2D eigenvalue weighted by atomic mass is 9.96. The average molecular weight is 280 g/mol. The fourth-order valence-electron chi connectivity index (χ4n) is 3.39. The van der Waals surface area contributed by atoms with E-state index < -0.39 is 0 Å². The van der Waals surface area contributed by atoms with Gasteiger partial charge >= 0.3 is 0 Å². The fourth-order valence-corrected chi connectivity index (χ4v) is 3.39. The number of piperidine rings is 1. The molecular weight excluding hydrogens is 252 g/mol. The highest BCUT2D eigenvalue weighted by molar-refractivity contribution is 5.95. The number of amides is 2. The van der Waals surface area contributed by atoms with Gasteiger partial charge in [-0.05, 0) is 32.6 Å². The summed E-state index contributed by atoms with van der Waals surface area (Å²) in [6.45, 7) is 5.36. The molecule has 0 saturated carbocycles. The zero-order valence-electron chi connectivity index (χ0n) is 12.9. The Labute approximate surface area is 122 Å². The first-order valence-electron chi connectivity index (χ1n) is 8.25. The van der Waals surface area contributed by atoms with Crippen molar-refractivity contribution in [3.05, 3.63) is 0 Å². The van der Waals surface area contributed by atoms with Crippen LogP contribution in [0.25, 0.3) is 0 Å². The lowest BCUT2D eigenvalue weighted by Crippen LogP contribution is -2.62. The molecule has 2 aliphatic heterocycles. The molecule has 0 aromatic heterocycles. The standard InChI is InChI=1S/C16H28N2O2/c1-3-4-5-6-9-13(2)18-12-15(19)17-11-8-7-10-14(17)16(18)20/h13-14H,3-12H2,1-2H3. The zero-order chi connectivity index (χ0) is 14.5. The van der Waals surface area contributed by atoms with Gasteiger partial charge in [0.05, 0.1) is 0 Å². The van der Waals surface area contributed by atoms with Crippen molar-refractivity contribution in [1.29, 1.82) is 0 Å². The molecule has 2 saturated heterocycles. The summed E-state index contributed by atoms with van der Waals surface area (Å²) in [5.41, 5.74) is 0. The normalized spacial score (nSPS) is 24.8. The second kappa shape index (κ2) is 7.09. The maximum Gasteiger partial charge on any atom is 0.246 e. The molecule has 0 N–H and O–H groups in total. The number of carbonyl (C=O) groups is 2. The van der Waals surface area contributed by atoms with Crippen LogP contribution in [0.2, 0.25) is 0 Å². The van der Waals surface area contributed by atoms with Crippen molar-refractivity contribution in [2.75, 3.05) is 13.1 Å². The Morgan fingerprint density at radius 1 is 1.20 bits per heavy atom. The number of carbonyl (C=O) groups excluding carboxylic acids is 2. The third-order valence-electron chi connectivity index (χ3n) is 4.70. The molecule has 0 aliphatic carbocycles. The van der Waals surface area contributed by atoms with Gasteiger partial charge < -0.3 is 9.80 Å². The van der Waals surface area contributed by atoms with E-state index in [1.54, 1.807) is 0 Å². The molecule has 0 aromatic rings. The van der Waals surface area contributed by atoms with Crippen LogP contribution < -0.4 is 0 Å². The van der Waals surface area contributed by atoms with Crippen LogP contribution in [0, 0.1) is 0 Å². The molecule has 2 amide bonds. The molecule has 114 valence electrons. The van der Waals surface area contributed by atoms with Crippen LogP contribution in [-0.2, 0) is 9.59 Å². The molecule has 2 atom stereocenters. The van der Waals surface area contributed by atoms with Gasteiger partial charge in [0, 0.05) is 12.6 Å². The summed E-state index contributed by atoms with van der Waals surface area (Å²) in [4.78, 5) is 28.4. The number of piperazine rings is 1. The molecule has 4 nitrogen and oxygen atoms in total. The Kier molecular flexibility index (Phi) is 5.44. The average Bonchev–Trinajstić information content (AvgIpc) is 2.47. The van der Waals surface area contributed by atoms with Crippen LogP contribution >= 0.6 is 0 Å². The Balaban J connectivity index is 1.91. The van der Waals surface area contributed by atoms with E-state index in [2.05, 4.69) is 13.8 Å². The van der Waals surface area contributed by atoms with Crippen LogP contribution in [0.1, 0.15) is 65.2 Å². The number of nitrogens with zero attached hydrogens (tertiary/aromatic N) is 2. The van der Waals surface area contributed by atoms with Gasteiger partial charge in [0.25, 0.3) is 0 Å². The summed E-state index contributed by atoms with van der Waals surface area (Å²) in [5, 5.41) is 0. The maximum absolute atomic E-state index is 12.6. The monoisotopic (exact) mass is 280 g/mol. The van der Waals surface area contributed by atoms with E-state index in [-0.39, 0.29) is 23.9 Å². The van der Waals surface area contributed by atoms with Crippen molar-refractivity contribution in [1.82, 2.24) is 9.80 Å². The van der Waals surface area contributed by atoms with Crippen molar-refractivity contribution in [2.24, 2.45) is 0 Å². The lowest BCUT2D eigenvalue weighted by molar-refractivity contribution is -0.159.